The first kappa shape index (κ1) is 13.1. The van der Waals surface area contributed by atoms with Crippen molar-refractivity contribution in [3.63, 3.8) is 0 Å². The van der Waals surface area contributed by atoms with Crippen molar-refractivity contribution in [2.45, 2.75) is 0 Å². The average molecular weight is 314 g/mol. The summed E-state index contributed by atoms with van der Waals surface area (Å²) < 4.78 is 15.8. The minimum absolute atomic E-state index is 0.381. The van der Waals surface area contributed by atoms with Gasteiger partial charge in [-0.1, -0.05) is 11.3 Å². The number of hydrogen-bond donors (Lipinski definition) is 1. The zero-order chi connectivity index (χ0) is 15.3. The molecule has 0 aromatic carbocycles. The highest BCUT2D eigenvalue weighted by molar-refractivity contribution is 7.21. The number of fused-ring (bicyclic) bond motifs is 3. The lowest BCUT2D eigenvalue weighted by Crippen LogP contribution is -1.95. The summed E-state index contributed by atoms with van der Waals surface area (Å²) in [6.07, 6.45) is 3.14. The number of anilines is 1. The van der Waals surface area contributed by atoms with Crippen molar-refractivity contribution < 1.29 is 4.39 Å². The molecule has 0 atom stereocenters. The quantitative estimate of drug-likeness (QED) is 0.576. The van der Waals surface area contributed by atoms with Gasteiger partial charge in [0.25, 0.3) is 0 Å². The van der Waals surface area contributed by atoms with Crippen molar-refractivity contribution in [3.05, 3.63) is 30.6 Å². The minimum atomic E-state index is -0.531. The number of aryl methyl sites for hydroxylation is 1. The first-order valence-corrected chi connectivity index (χ1v) is 7.41. The van der Waals surface area contributed by atoms with Gasteiger partial charge in [-0.2, -0.15) is 4.39 Å². The van der Waals surface area contributed by atoms with Crippen LogP contribution >= 0.6 is 11.3 Å². The third-order valence-corrected chi connectivity index (χ3v) is 4.42. The van der Waals surface area contributed by atoms with Crippen LogP contribution in [0.5, 0.6) is 0 Å². The van der Waals surface area contributed by atoms with Gasteiger partial charge in [0.15, 0.2) is 5.82 Å². The first-order chi connectivity index (χ1) is 10.7. The van der Waals surface area contributed by atoms with E-state index in [2.05, 4.69) is 25.3 Å². The molecule has 0 radical (unpaired) electrons. The lowest BCUT2D eigenvalue weighted by Gasteiger charge is -2.01. The molecule has 0 aliphatic heterocycles. The third kappa shape index (κ3) is 1.77. The van der Waals surface area contributed by atoms with E-state index in [4.69, 9.17) is 0 Å². The highest BCUT2D eigenvalue weighted by Crippen LogP contribution is 2.35. The molecule has 0 unspecified atom stereocenters. The van der Waals surface area contributed by atoms with Crippen molar-refractivity contribution in [2.75, 3.05) is 12.4 Å². The van der Waals surface area contributed by atoms with Crippen molar-refractivity contribution in [3.8, 4) is 10.6 Å². The summed E-state index contributed by atoms with van der Waals surface area (Å²) in [4.78, 5) is 17.9. The Hall–Kier alpha value is -2.61. The lowest BCUT2D eigenvalue weighted by molar-refractivity contribution is 0.587. The fourth-order valence-electron chi connectivity index (χ4n) is 2.41. The van der Waals surface area contributed by atoms with Crippen LogP contribution in [0.3, 0.4) is 0 Å². The van der Waals surface area contributed by atoms with E-state index in [0.29, 0.717) is 16.4 Å². The van der Waals surface area contributed by atoms with Gasteiger partial charge in [-0.05, 0) is 12.1 Å². The SMILES string of the molecule is CNc1nc2sc(-c3cccnc3F)nc2c2c1ncn2C. The summed E-state index contributed by atoms with van der Waals surface area (Å²) >= 11 is 1.34. The van der Waals surface area contributed by atoms with Gasteiger partial charge in [-0.25, -0.2) is 19.9 Å². The fourth-order valence-corrected chi connectivity index (χ4v) is 3.37. The predicted molar refractivity (Wildman–Crippen MR) is 84.4 cm³/mol. The molecule has 22 heavy (non-hydrogen) atoms. The van der Waals surface area contributed by atoms with Crippen LogP contribution in [-0.4, -0.2) is 31.6 Å². The number of hydrogen-bond acceptors (Lipinski definition) is 6. The summed E-state index contributed by atoms with van der Waals surface area (Å²) in [5.41, 5.74) is 2.73. The molecule has 4 aromatic rings. The third-order valence-electron chi connectivity index (χ3n) is 3.43. The zero-order valence-corrected chi connectivity index (χ0v) is 12.6. The van der Waals surface area contributed by atoms with Crippen LogP contribution in [0.15, 0.2) is 24.7 Å². The number of rotatable bonds is 2. The maximum absolute atomic E-state index is 13.9. The second-order valence-corrected chi connectivity index (χ2v) is 5.76. The van der Waals surface area contributed by atoms with E-state index in [1.165, 1.54) is 17.5 Å². The van der Waals surface area contributed by atoms with E-state index in [0.717, 1.165) is 21.4 Å². The Morgan fingerprint density at radius 2 is 2.09 bits per heavy atom. The van der Waals surface area contributed by atoms with Crippen molar-refractivity contribution in [1.82, 2.24) is 24.5 Å². The molecular weight excluding hydrogens is 303 g/mol. The standard InChI is InChI=1S/C14H11FN6S/c1-16-12-8-10(21(2)6-18-8)9-14(20-12)22-13(19-9)7-4-3-5-17-11(7)15/h3-6H,1-2H3,(H,16,20). The Kier molecular flexibility index (Phi) is 2.80. The fraction of sp³-hybridized carbons (Fsp3) is 0.143. The van der Waals surface area contributed by atoms with E-state index in [9.17, 15) is 4.39 Å². The molecule has 0 aliphatic rings. The van der Waals surface area contributed by atoms with Crippen molar-refractivity contribution in [1.29, 1.82) is 0 Å². The van der Waals surface area contributed by atoms with Crippen LogP contribution in [0.4, 0.5) is 10.2 Å². The molecule has 1 N–H and O–H groups in total. The van der Waals surface area contributed by atoms with Crippen LogP contribution in [0.25, 0.3) is 32.0 Å². The van der Waals surface area contributed by atoms with Gasteiger partial charge < -0.3 is 9.88 Å². The Balaban J connectivity index is 2.08. The predicted octanol–water partition coefficient (Wildman–Crippen LogP) is 2.82. The summed E-state index contributed by atoms with van der Waals surface area (Å²) in [5.74, 6) is 0.154. The maximum Gasteiger partial charge on any atom is 0.223 e. The average Bonchev–Trinajstić information content (AvgIpc) is 3.10. The molecule has 0 spiro atoms. The largest absolute Gasteiger partial charge is 0.371 e. The lowest BCUT2D eigenvalue weighted by atomic mass is 10.3. The van der Waals surface area contributed by atoms with Crippen LogP contribution in [-0.2, 0) is 7.05 Å². The van der Waals surface area contributed by atoms with Crippen LogP contribution in [0.2, 0.25) is 0 Å². The Labute approximate surface area is 128 Å². The van der Waals surface area contributed by atoms with Gasteiger partial charge >= 0.3 is 0 Å². The summed E-state index contributed by atoms with van der Waals surface area (Å²) in [5, 5.41) is 3.60. The monoisotopic (exact) mass is 314 g/mol. The Morgan fingerprint density at radius 3 is 2.86 bits per heavy atom. The molecule has 4 rings (SSSR count). The number of nitrogens with zero attached hydrogens (tertiary/aromatic N) is 5. The van der Waals surface area contributed by atoms with E-state index >= 15 is 0 Å². The molecule has 6 nitrogen and oxygen atoms in total. The van der Waals surface area contributed by atoms with E-state index in [1.54, 1.807) is 25.5 Å². The molecule has 0 aliphatic carbocycles. The highest BCUT2D eigenvalue weighted by Gasteiger charge is 2.18. The van der Waals surface area contributed by atoms with Crippen molar-refractivity contribution in [2.24, 2.45) is 7.05 Å². The number of thiazole rings is 1. The van der Waals surface area contributed by atoms with Gasteiger partial charge in [-0.15, -0.1) is 0 Å². The van der Waals surface area contributed by atoms with Gasteiger partial charge in [0, 0.05) is 20.3 Å². The molecule has 110 valence electrons. The maximum atomic E-state index is 13.9. The number of imidazole rings is 1. The zero-order valence-electron chi connectivity index (χ0n) is 11.8. The topological polar surface area (TPSA) is 68.5 Å². The molecule has 0 fully saturated rings. The second kappa shape index (κ2) is 4.70. The van der Waals surface area contributed by atoms with E-state index in [-0.39, 0.29) is 0 Å². The van der Waals surface area contributed by atoms with Gasteiger partial charge in [0.2, 0.25) is 5.95 Å². The molecule has 4 aromatic heterocycles. The van der Waals surface area contributed by atoms with E-state index in [1.807, 2.05) is 11.6 Å². The van der Waals surface area contributed by atoms with Gasteiger partial charge in [-0.3, -0.25) is 0 Å². The smallest absolute Gasteiger partial charge is 0.223 e. The van der Waals surface area contributed by atoms with Crippen LogP contribution in [0.1, 0.15) is 0 Å². The van der Waals surface area contributed by atoms with Gasteiger partial charge in [0.1, 0.15) is 26.4 Å². The van der Waals surface area contributed by atoms with E-state index < -0.39 is 5.95 Å². The van der Waals surface area contributed by atoms with Crippen LogP contribution < -0.4 is 5.32 Å². The molecular formula is C14H11FN6S. The number of nitrogens with one attached hydrogen (secondary N) is 1. The van der Waals surface area contributed by atoms with Gasteiger partial charge in [0.05, 0.1) is 11.9 Å². The minimum Gasteiger partial charge on any atom is -0.371 e. The summed E-state index contributed by atoms with van der Waals surface area (Å²) in [7, 11) is 3.70. The number of halogens is 1. The molecule has 0 saturated carbocycles. The normalized spacial score (nSPS) is 11.4. The highest BCUT2D eigenvalue weighted by atomic mass is 32.1. The Morgan fingerprint density at radius 1 is 1.23 bits per heavy atom. The molecule has 0 amide bonds. The first-order valence-electron chi connectivity index (χ1n) is 6.59. The molecule has 8 heteroatoms. The van der Waals surface area contributed by atoms with Crippen molar-refractivity contribution >= 4 is 38.5 Å². The second-order valence-electron chi connectivity index (χ2n) is 4.78. The number of aromatic nitrogens is 5. The molecule has 0 bridgehead atoms. The molecule has 0 saturated heterocycles. The number of pyridine rings is 2. The molecule has 4 heterocycles. The summed E-state index contributed by atoms with van der Waals surface area (Å²) in [6.45, 7) is 0. The summed E-state index contributed by atoms with van der Waals surface area (Å²) in [6, 6.07) is 3.36. The Bertz CT molecular complexity index is 1010. The van der Waals surface area contributed by atoms with Crippen LogP contribution in [0, 0.1) is 5.95 Å².